The lowest BCUT2D eigenvalue weighted by atomic mass is 10.1. The predicted molar refractivity (Wildman–Crippen MR) is 112 cm³/mol. The normalized spacial score (nSPS) is 11.4. The van der Waals surface area contributed by atoms with Gasteiger partial charge in [0.15, 0.2) is 11.0 Å². The molecule has 0 radical (unpaired) electrons. The van der Waals surface area contributed by atoms with Crippen LogP contribution < -0.4 is 10.1 Å². The largest absolute Gasteiger partial charge is 0.486 e. The van der Waals surface area contributed by atoms with Gasteiger partial charge in [-0.3, -0.25) is 4.79 Å². The summed E-state index contributed by atoms with van der Waals surface area (Å²) in [7, 11) is 1.70. The van der Waals surface area contributed by atoms with Crippen LogP contribution in [0.15, 0.2) is 47.6 Å². The number of rotatable bonds is 7. The number of ether oxygens (including phenoxy) is 1. The lowest BCUT2D eigenvalue weighted by Crippen LogP contribution is -2.15. The van der Waals surface area contributed by atoms with Crippen molar-refractivity contribution in [2.75, 3.05) is 11.1 Å². The number of carbonyl (C=O) groups excluding carboxylic acids is 1. The molecule has 0 atom stereocenters. The van der Waals surface area contributed by atoms with Crippen molar-refractivity contribution in [3.05, 3.63) is 65.0 Å². The monoisotopic (exact) mass is 450 g/mol. The lowest BCUT2D eigenvalue weighted by Gasteiger charge is -2.10. The maximum absolute atomic E-state index is 12.8. The van der Waals surface area contributed by atoms with Crippen LogP contribution in [0.4, 0.5) is 18.9 Å². The van der Waals surface area contributed by atoms with E-state index in [-0.39, 0.29) is 24.0 Å². The van der Waals surface area contributed by atoms with E-state index in [0.29, 0.717) is 11.0 Å². The molecule has 3 rings (SSSR count). The Morgan fingerprint density at radius 1 is 1.16 bits per heavy atom. The van der Waals surface area contributed by atoms with Crippen LogP contribution in [-0.2, 0) is 24.6 Å². The topological polar surface area (TPSA) is 69.0 Å². The summed E-state index contributed by atoms with van der Waals surface area (Å²) in [4.78, 5) is 12.3. The van der Waals surface area contributed by atoms with Crippen LogP contribution in [0.3, 0.4) is 0 Å². The van der Waals surface area contributed by atoms with Crippen LogP contribution in [0.5, 0.6) is 5.75 Å². The highest BCUT2D eigenvalue weighted by molar-refractivity contribution is 7.99. The summed E-state index contributed by atoms with van der Waals surface area (Å²) in [5, 5.41) is 11.4. The van der Waals surface area contributed by atoms with E-state index in [4.69, 9.17) is 4.74 Å². The van der Waals surface area contributed by atoms with Crippen molar-refractivity contribution in [2.45, 2.75) is 31.8 Å². The molecule has 0 bridgehead atoms. The summed E-state index contributed by atoms with van der Waals surface area (Å²) in [6.45, 7) is 3.85. The third-order valence-corrected chi connectivity index (χ3v) is 5.46. The van der Waals surface area contributed by atoms with Gasteiger partial charge in [-0.25, -0.2) is 0 Å². The number of hydrogen-bond acceptors (Lipinski definition) is 5. The number of amides is 1. The summed E-state index contributed by atoms with van der Waals surface area (Å²) in [5.74, 6) is 0.463. The number of hydrogen-bond donors (Lipinski definition) is 1. The zero-order chi connectivity index (χ0) is 22.6. The van der Waals surface area contributed by atoms with Gasteiger partial charge in [0.2, 0.25) is 5.91 Å². The van der Waals surface area contributed by atoms with E-state index in [1.54, 1.807) is 11.6 Å². The van der Waals surface area contributed by atoms with Crippen LogP contribution in [-0.4, -0.2) is 26.4 Å². The number of nitrogens with zero attached hydrogens (tertiary/aromatic N) is 3. The minimum Gasteiger partial charge on any atom is -0.486 e. The number of nitrogens with one attached hydrogen (secondary N) is 1. The van der Waals surface area contributed by atoms with Crippen molar-refractivity contribution < 1.29 is 22.7 Å². The number of thioether (sulfide) groups is 1. The minimum absolute atomic E-state index is 0.0554. The molecular formula is C21H21F3N4O2S. The first kappa shape index (κ1) is 22.7. The van der Waals surface area contributed by atoms with Gasteiger partial charge in [-0.15, -0.1) is 10.2 Å². The van der Waals surface area contributed by atoms with E-state index in [0.717, 1.165) is 28.9 Å². The Hall–Kier alpha value is -3.01. The molecule has 6 nitrogen and oxygen atoms in total. The fourth-order valence-corrected chi connectivity index (χ4v) is 3.51. The number of carbonyl (C=O) groups is 1. The molecule has 10 heteroatoms. The van der Waals surface area contributed by atoms with Gasteiger partial charge in [0.25, 0.3) is 0 Å². The van der Waals surface area contributed by atoms with Gasteiger partial charge in [-0.2, -0.15) is 13.2 Å². The fraction of sp³-hybridized carbons (Fsp3) is 0.286. The molecule has 0 saturated carbocycles. The first-order chi connectivity index (χ1) is 14.6. The second kappa shape index (κ2) is 9.42. The molecule has 31 heavy (non-hydrogen) atoms. The van der Waals surface area contributed by atoms with Crippen LogP contribution in [0.1, 0.15) is 22.5 Å². The molecule has 0 aliphatic rings. The number of anilines is 1. The summed E-state index contributed by atoms with van der Waals surface area (Å²) < 4.78 is 45.5. The third kappa shape index (κ3) is 6.00. The fourth-order valence-electron chi connectivity index (χ4n) is 2.78. The van der Waals surface area contributed by atoms with Crippen LogP contribution >= 0.6 is 11.8 Å². The number of benzene rings is 2. The molecule has 1 aromatic heterocycles. The smallest absolute Gasteiger partial charge is 0.416 e. The number of halogens is 3. The van der Waals surface area contributed by atoms with E-state index in [9.17, 15) is 18.0 Å². The van der Waals surface area contributed by atoms with E-state index >= 15 is 0 Å². The van der Waals surface area contributed by atoms with Gasteiger partial charge in [0, 0.05) is 12.7 Å². The Morgan fingerprint density at radius 3 is 2.65 bits per heavy atom. The van der Waals surface area contributed by atoms with Gasteiger partial charge in [-0.1, -0.05) is 35.5 Å². The molecule has 0 saturated heterocycles. The van der Waals surface area contributed by atoms with Gasteiger partial charge in [0.05, 0.1) is 11.3 Å². The van der Waals surface area contributed by atoms with E-state index in [2.05, 4.69) is 15.5 Å². The van der Waals surface area contributed by atoms with Crippen molar-refractivity contribution in [3.63, 3.8) is 0 Å². The Kier molecular flexibility index (Phi) is 6.89. The Balaban J connectivity index is 1.56. The molecule has 3 aromatic rings. The number of aryl methyl sites for hydroxylation is 2. The van der Waals surface area contributed by atoms with Gasteiger partial charge < -0.3 is 14.6 Å². The lowest BCUT2D eigenvalue weighted by molar-refractivity contribution is -0.137. The molecule has 1 amide bonds. The van der Waals surface area contributed by atoms with Gasteiger partial charge >= 0.3 is 6.18 Å². The van der Waals surface area contributed by atoms with Crippen LogP contribution in [0.2, 0.25) is 0 Å². The third-order valence-electron chi connectivity index (χ3n) is 4.44. The van der Waals surface area contributed by atoms with Crippen LogP contribution in [0.25, 0.3) is 0 Å². The summed E-state index contributed by atoms with van der Waals surface area (Å²) in [6, 6.07) is 10.4. The van der Waals surface area contributed by atoms with Crippen molar-refractivity contribution in [3.8, 4) is 5.75 Å². The SMILES string of the molecule is Cc1ccc(NC(=O)CSc2nnc(COc3cccc(C(F)(F)F)c3)n2C)c(C)c1. The van der Waals surface area contributed by atoms with E-state index in [1.807, 2.05) is 32.0 Å². The summed E-state index contributed by atoms with van der Waals surface area (Å²) >= 11 is 1.20. The number of aromatic nitrogens is 3. The maximum atomic E-state index is 12.8. The second-order valence-corrected chi connectivity index (χ2v) is 7.87. The number of alkyl halides is 3. The zero-order valence-corrected chi connectivity index (χ0v) is 18.0. The highest BCUT2D eigenvalue weighted by Gasteiger charge is 2.30. The quantitative estimate of drug-likeness (QED) is 0.526. The molecular weight excluding hydrogens is 429 g/mol. The molecule has 0 unspecified atom stereocenters. The first-order valence-corrected chi connectivity index (χ1v) is 10.3. The maximum Gasteiger partial charge on any atom is 0.416 e. The highest BCUT2D eigenvalue weighted by Crippen LogP contribution is 2.31. The Bertz CT molecular complexity index is 1080. The molecule has 1 N–H and O–H groups in total. The van der Waals surface area contributed by atoms with E-state index < -0.39 is 11.7 Å². The molecule has 2 aromatic carbocycles. The summed E-state index contributed by atoms with van der Waals surface area (Å²) in [5.41, 5.74) is 2.06. The Morgan fingerprint density at radius 2 is 1.94 bits per heavy atom. The molecule has 1 heterocycles. The molecule has 0 aliphatic carbocycles. The molecule has 0 spiro atoms. The average Bonchev–Trinajstić information content (AvgIpc) is 3.06. The van der Waals surface area contributed by atoms with Crippen molar-refractivity contribution in [2.24, 2.45) is 7.05 Å². The van der Waals surface area contributed by atoms with Crippen LogP contribution in [0, 0.1) is 13.8 Å². The second-order valence-electron chi connectivity index (χ2n) is 6.93. The predicted octanol–water partition coefficient (Wildman–Crippen LogP) is 4.76. The van der Waals surface area contributed by atoms with Gasteiger partial charge in [-0.05, 0) is 43.7 Å². The Labute approximate surface area is 181 Å². The first-order valence-electron chi connectivity index (χ1n) is 9.31. The van der Waals surface area contributed by atoms with E-state index in [1.165, 1.54) is 23.9 Å². The average molecular weight is 450 g/mol. The van der Waals surface area contributed by atoms with Crippen molar-refractivity contribution >= 4 is 23.4 Å². The molecule has 0 fully saturated rings. The zero-order valence-electron chi connectivity index (χ0n) is 17.2. The minimum atomic E-state index is -4.44. The summed E-state index contributed by atoms with van der Waals surface area (Å²) in [6.07, 6.45) is -4.44. The highest BCUT2D eigenvalue weighted by atomic mass is 32.2. The van der Waals surface area contributed by atoms with Crippen molar-refractivity contribution in [1.29, 1.82) is 0 Å². The standard InChI is InChI=1S/C21H21F3N4O2S/c1-13-7-8-17(14(2)9-13)25-19(29)12-31-20-27-26-18(28(20)3)11-30-16-6-4-5-15(10-16)21(22,23)24/h4-10H,11-12H2,1-3H3,(H,25,29). The molecule has 164 valence electrons. The van der Waals surface area contributed by atoms with Gasteiger partial charge in [0.1, 0.15) is 12.4 Å². The molecule has 0 aliphatic heterocycles. The van der Waals surface area contributed by atoms with Crippen molar-refractivity contribution in [1.82, 2.24) is 14.8 Å².